The van der Waals surface area contributed by atoms with Crippen molar-refractivity contribution in [3.05, 3.63) is 114 Å². The molecule has 2 amide bonds. The average Bonchev–Trinajstić information content (AvgIpc) is 3.73. The molecule has 2 N–H and O–H groups in total. The highest BCUT2D eigenvalue weighted by Crippen LogP contribution is 2.60. The Bertz CT molecular complexity index is 1970. The summed E-state index contributed by atoms with van der Waals surface area (Å²) in [7, 11) is -0.677. The fraction of sp³-hybridized carbons (Fsp3) is 0.395. The zero-order valence-electron chi connectivity index (χ0n) is 31.1. The van der Waals surface area contributed by atoms with E-state index in [1.165, 1.54) is 5.19 Å². The number of piperidine rings is 1. The first kappa shape index (κ1) is 35.5. The van der Waals surface area contributed by atoms with Gasteiger partial charge in [-0.2, -0.15) is 0 Å². The van der Waals surface area contributed by atoms with Crippen LogP contribution in [0, 0.1) is 5.92 Å². The van der Waals surface area contributed by atoms with E-state index in [4.69, 9.17) is 9.47 Å². The molecule has 4 aromatic carbocycles. The van der Waals surface area contributed by atoms with Crippen LogP contribution in [0.2, 0.25) is 18.6 Å². The minimum absolute atomic E-state index is 0.0141. The lowest BCUT2D eigenvalue weighted by atomic mass is 9.82. The number of aliphatic hydroxyl groups is 1. The van der Waals surface area contributed by atoms with E-state index in [1.54, 1.807) is 7.11 Å². The van der Waals surface area contributed by atoms with Crippen LogP contribution in [0.4, 0.5) is 17.1 Å². The third kappa shape index (κ3) is 5.61. The van der Waals surface area contributed by atoms with E-state index >= 15 is 4.79 Å². The molecule has 0 bridgehead atoms. The van der Waals surface area contributed by atoms with Gasteiger partial charge in [-0.25, -0.2) is 0 Å². The summed E-state index contributed by atoms with van der Waals surface area (Å²) in [5, 5.41) is 15.1. The third-order valence-electron chi connectivity index (χ3n) is 12.7. The van der Waals surface area contributed by atoms with Crippen molar-refractivity contribution in [3.8, 4) is 5.75 Å². The Morgan fingerprint density at radius 3 is 2.23 bits per heavy atom. The van der Waals surface area contributed by atoms with E-state index in [9.17, 15) is 9.90 Å². The summed E-state index contributed by atoms with van der Waals surface area (Å²) in [6.45, 7) is 9.18. The first-order chi connectivity index (χ1) is 25.7. The molecule has 4 aliphatic heterocycles. The number of fused-ring (bicyclic) bond motifs is 2. The number of amides is 2. The van der Waals surface area contributed by atoms with Crippen LogP contribution in [0.1, 0.15) is 37.3 Å². The van der Waals surface area contributed by atoms with Crippen molar-refractivity contribution in [1.82, 2.24) is 5.32 Å². The maximum absolute atomic E-state index is 15.3. The predicted molar refractivity (Wildman–Crippen MR) is 211 cm³/mol. The van der Waals surface area contributed by atoms with E-state index in [0.29, 0.717) is 32.5 Å². The highest BCUT2D eigenvalue weighted by molar-refractivity contribution is 6.91. The minimum atomic E-state index is -2.35. The Balaban J connectivity index is 1.24. The molecule has 2 spiro atoms. The largest absolute Gasteiger partial charge is 0.497 e. The van der Waals surface area contributed by atoms with Gasteiger partial charge in [0.15, 0.2) is 5.60 Å². The Morgan fingerprint density at radius 2 is 1.57 bits per heavy atom. The number of carbonyl (C=O) groups is 2. The lowest BCUT2D eigenvalue weighted by Gasteiger charge is -2.39. The van der Waals surface area contributed by atoms with Gasteiger partial charge in [0.1, 0.15) is 11.3 Å². The van der Waals surface area contributed by atoms with Gasteiger partial charge in [0, 0.05) is 29.5 Å². The molecular weight excluding hydrogens is 681 g/mol. The van der Waals surface area contributed by atoms with Crippen molar-refractivity contribution >= 4 is 42.1 Å². The quantitative estimate of drug-likeness (QED) is 0.211. The molecule has 3 saturated heterocycles. The van der Waals surface area contributed by atoms with Crippen LogP contribution in [0.5, 0.6) is 5.75 Å². The maximum atomic E-state index is 15.3. The second-order valence-electron chi connectivity index (χ2n) is 15.7. The van der Waals surface area contributed by atoms with Gasteiger partial charge in [0.2, 0.25) is 0 Å². The van der Waals surface area contributed by atoms with Gasteiger partial charge < -0.3 is 29.7 Å². The van der Waals surface area contributed by atoms with Gasteiger partial charge >= 0.3 is 0 Å². The number of hydrogen-bond donors (Lipinski definition) is 2. The van der Waals surface area contributed by atoms with Crippen molar-refractivity contribution in [3.63, 3.8) is 0 Å². The van der Waals surface area contributed by atoms with Gasteiger partial charge in [-0.15, -0.1) is 0 Å². The number of aliphatic hydroxyl groups excluding tert-OH is 1. The second kappa shape index (κ2) is 13.7. The van der Waals surface area contributed by atoms with Crippen LogP contribution >= 0.6 is 0 Å². The van der Waals surface area contributed by atoms with Gasteiger partial charge in [0.25, 0.3) is 11.8 Å². The molecule has 4 aliphatic rings. The summed E-state index contributed by atoms with van der Waals surface area (Å²) in [6, 6.07) is 34.7. The summed E-state index contributed by atoms with van der Waals surface area (Å²) < 4.78 is 12.7. The number of para-hydroxylation sites is 1. The molecule has 4 atom stereocenters. The Morgan fingerprint density at radius 1 is 0.887 bits per heavy atom. The van der Waals surface area contributed by atoms with E-state index < -0.39 is 19.2 Å². The number of nitrogens with zero attached hydrogens (tertiary/aromatic N) is 3. The van der Waals surface area contributed by atoms with Gasteiger partial charge in [-0.1, -0.05) is 85.9 Å². The van der Waals surface area contributed by atoms with Crippen molar-refractivity contribution in [2.75, 3.05) is 48.2 Å². The number of anilines is 3. The molecule has 0 aromatic heterocycles. The molecule has 0 unspecified atom stereocenters. The molecule has 8 rings (SSSR count). The molecule has 0 aliphatic carbocycles. The monoisotopic (exact) mass is 730 g/mol. The standard InChI is InChI=1S/C43H50N4O5Si/c1-30-39(53(3,4)35-18-16-34(51-2)17-19-35)38(21-26-48)52-43(30)36-27-33(15-20-37(36)45(41(43)50)28-31-11-7-5-8-12-31)46-29-47(32-13-9-6-10-14-32)42(40(46)49)22-24-44-25-23-42/h5-20,27,30,38-39,44,48H,21-26,28-29H2,1-4H3/t30-,38+,39-,43+/m1/s1. The molecule has 0 saturated carbocycles. The Hall–Kier alpha value is -4.48. The van der Waals surface area contributed by atoms with Crippen molar-refractivity contribution in [1.29, 1.82) is 0 Å². The zero-order chi connectivity index (χ0) is 37.0. The number of nitrogens with one attached hydrogen (secondary N) is 1. The van der Waals surface area contributed by atoms with Crippen molar-refractivity contribution in [2.45, 2.75) is 68.6 Å². The van der Waals surface area contributed by atoms with Gasteiger partial charge in [-0.3, -0.25) is 14.5 Å². The number of methoxy groups -OCH3 is 1. The summed E-state index contributed by atoms with van der Waals surface area (Å²) in [4.78, 5) is 36.1. The van der Waals surface area contributed by atoms with Crippen molar-refractivity contribution < 1.29 is 24.2 Å². The first-order valence-corrected chi connectivity index (χ1v) is 22.0. The lowest BCUT2D eigenvalue weighted by molar-refractivity contribution is -0.146. The van der Waals surface area contributed by atoms with Crippen molar-refractivity contribution in [2.24, 2.45) is 5.92 Å². The molecule has 3 fully saturated rings. The number of rotatable bonds is 9. The smallest absolute Gasteiger partial charge is 0.264 e. The minimum Gasteiger partial charge on any atom is -0.497 e. The highest BCUT2D eigenvalue weighted by atomic mass is 28.3. The fourth-order valence-corrected chi connectivity index (χ4v) is 14.0. The molecule has 53 heavy (non-hydrogen) atoms. The van der Waals surface area contributed by atoms with Crippen LogP contribution in [0.25, 0.3) is 0 Å². The highest BCUT2D eigenvalue weighted by Gasteiger charge is 2.66. The number of ether oxygens (including phenoxy) is 2. The molecule has 9 nitrogen and oxygen atoms in total. The van der Waals surface area contributed by atoms with Crippen LogP contribution in [0.15, 0.2) is 103 Å². The summed E-state index contributed by atoms with van der Waals surface area (Å²) in [6.07, 6.45) is 1.52. The van der Waals surface area contributed by atoms with Crippen LogP contribution in [0.3, 0.4) is 0 Å². The fourth-order valence-electron chi connectivity index (χ4n) is 9.96. The number of benzene rings is 4. The van der Waals surface area contributed by atoms with E-state index in [1.807, 2.05) is 82.6 Å². The topological polar surface area (TPSA) is 94.6 Å². The number of carbonyl (C=O) groups excluding carboxylic acids is 2. The Kier molecular flexibility index (Phi) is 9.21. The van der Waals surface area contributed by atoms with Gasteiger partial charge in [-0.05, 0) is 85.9 Å². The average molecular weight is 731 g/mol. The summed E-state index contributed by atoms with van der Waals surface area (Å²) in [5.74, 6) is 0.595. The van der Waals surface area contributed by atoms with E-state index in [2.05, 4.69) is 60.6 Å². The SMILES string of the molecule is COc1ccc([Si](C)(C)[C@H]2[C@H](CCO)O[C@@]3(C(=O)N(Cc4ccccc4)c4ccc(N5CN(c6ccccc6)C6(CCNCC6)C5=O)cc43)[C@@H]2C)cc1. The number of hydrogen-bond acceptors (Lipinski definition) is 7. The summed E-state index contributed by atoms with van der Waals surface area (Å²) >= 11 is 0. The van der Waals surface area contributed by atoms with Gasteiger partial charge in [0.05, 0.1) is 40.2 Å². The molecule has 4 heterocycles. The Labute approximate surface area is 313 Å². The molecule has 276 valence electrons. The second-order valence-corrected chi connectivity index (χ2v) is 20.4. The lowest BCUT2D eigenvalue weighted by Crippen LogP contribution is -2.55. The van der Waals surface area contributed by atoms with E-state index in [0.717, 1.165) is 47.0 Å². The maximum Gasteiger partial charge on any atom is 0.264 e. The van der Waals surface area contributed by atoms with E-state index in [-0.39, 0.29) is 36.0 Å². The molecule has 10 heteroatoms. The normalized spacial score (nSPS) is 25.2. The van der Waals surface area contributed by atoms with Crippen LogP contribution in [-0.4, -0.2) is 70.1 Å². The zero-order valence-corrected chi connectivity index (χ0v) is 32.1. The predicted octanol–water partition coefficient (Wildman–Crippen LogP) is 5.77. The third-order valence-corrected chi connectivity index (χ3v) is 17.0. The van der Waals surface area contributed by atoms with Crippen LogP contribution in [-0.2, 0) is 26.5 Å². The summed E-state index contributed by atoms with van der Waals surface area (Å²) in [5.41, 5.74) is 2.51. The van der Waals surface area contributed by atoms with Crippen LogP contribution < -0.4 is 29.9 Å². The molecule has 4 aromatic rings. The first-order valence-electron chi connectivity index (χ1n) is 18.9. The molecule has 0 radical (unpaired) electrons. The molecular formula is C43H50N4O5Si.